The first-order valence-corrected chi connectivity index (χ1v) is 33.5. The molecule has 7 aromatic carbocycles. The Morgan fingerprint density at radius 1 is 0.346 bits per heavy atom. The van der Waals surface area contributed by atoms with Gasteiger partial charge in [-0.1, -0.05) is 173 Å². The minimum Gasteiger partial charge on any atom is -0.291 e. The quantitative estimate of drug-likeness (QED) is 0.0355. The maximum Gasteiger partial charge on any atom is 2.00 e. The molecule has 35 heteroatoms. The average Bonchev–Trinajstić information content (AvgIpc) is 0.890. The van der Waals surface area contributed by atoms with Gasteiger partial charge in [0.05, 0.1) is 44.5 Å². The van der Waals surface area contributed by atoms with Crippen LogP contribution in [0.1, 0.15) is 111 Å². The predicted molar refractivity (Wildman–Crippen MR) is 336 cm³/mol. The summed E-state index contributed by atoms with van der Waals surface area (Å²) in [5.74, 6) is -9.61. The monoisotopic (exact) mass is 1590 g/mol. The van der Waals surface area contributed by atoms with E-state index >= 15 is 0 Å². The summed E-state index contributed by atoms with van der Waals surface area (Å²) < 4.78 is 406. The number of hydrogen-bond acceptors (Lipinski definition) is 2. The van der Waals surface area contributed by atoms with Crippen molar-refractivity contribution in [3.05, 3.63) is 242 Å². The van der Waals surface area contributed by atoms with Crippen LogP contribution in [0, 0.1) is 35.2 Å². The third-order valence-electron chi connectivity index (χ3n) is 16.5. The molecular formula is C69H58BF29FeN2P2. The molecule has 0 spiro atoms. The largest absolute Gasteiger partial charge is 2.00 e. The van der Waals surface area contributed by atoms with Crippen molar-refractivity contribution in [2.75, 3.05) is 25.1 Å². The Morgan fingerprint density at radius 2 is 0.567 bits per heavy atom. The standard InChI is InChI=1S/C32H12BF24.C26H40N2P2.C11H4F5.Fe.H2/c34-25(35,36)13-1-14(26(37,38)39)6-21(5-13)33(22-7-15(27(40,41)42)2-16(8-22)28(43,44)45,23-9-17(29(46,47)48)3-18(10-23)30(49,50)51)24-11-19(31(52,53)54)4-20(12-24)32(55,56)57;1-25(2,3)29-19-27(17-23-13-9-7-10-14-23)21-30(26(4,5)6)22-28(20-29)18-24-15-11-8-12-16-24;12-7-6(5-3-1-2-4-5)8(13)10(15)11(16)9(7)14;;/h1-12H;7-16H,17-22H2,1-6H3;1,4H,3H2;;1H/q-1;;-1;+2;. The number of benzene rings is 7. The van der Waals surface area contributed by atoms with Crippen molar-refractivity contribution in [2.24, 2.45) is 0 Å². The maximum atomic E-state index is 14.2. The average molecular weight is 1590 g/mol. The molecule has 7 aromatic rings. The maximum absolute atomic E-state index is 14.2. The van der Waals surface area contributed by atoms with Crippen molar-refractivity contribution in [1.82, 2.24) is 9.80 Å². The normalized spacial score (nSPS) is 16.5. The van der Waals surface area contributed by atoms with Gasteiger partial charge in [-0.05, 0) is 51.3 Å². The van der Waals surface area contributed by atoms with E-state index in [1.807, 2.05) is 0 Å². The molecule has 1 saturated heterocycles. The van der Waals surface area contributed by atoms with Gasteiger partial charge in [-0.2, -0.15) is 139 Å². The van der Waals surface area contributed by atoms with Crippen molar-refractivity contribution in [1.29, 1.82) is 0 Å². The second-order valence-electron chi connectivity index (χ2n) is 26.0. The van der Waals surface area contributed by atoms with Gasteiger partial charge in [0.15, 0.2) is 29.1 Å². The Bertz CT molecular complexity index is 3660. The molecule has 0 atom stereocenters. The molecule has 2 nitrogen and oxygen atoms in total. The van der Waals surface area contributed by atoms with Crippen molar-refractivity contribution in [3.8, 4) is 0 Å². The summed E-state index contributed by atoms with van der Waals surface area (Å²) in [5, 5.41) is 0.724. The van der Waals surface area contributed by atoms with Crippen LogP contribution in [0.4, 0.5) is 127 Å². The van der Waals surface area contributed by atoms with E-state index in [4.69, 9.17) is 0 Å². The smallest absolute Gasteiger partial charge is 0.291 e. The fourth-order valence-electron chi connectivity index (χ4n) is 11.4. The van der Waals surface area contributed by atoms with E-state index in [2.05, 4.69) is 118 Å². The van der Waals surface area contributed by atoms with E-state index in [-0.39, 0.29) is 46.3 Å². The topological polar surface area (TPSA) is 6.48 Å². The minimum absolute atomic E-state index is 0. The number of allylic oxidation sites excluding steroid dienone is 4. The molecule has 2 aliphatic rings. The van der Waals surface area contributed by atoms with Gasteiger partial charge in [0.1, 0.15) is 6.15 Å². The molecule has 0 unspecified atom stereocenters. The van der Waals surface area contributed by atoms with Crippen LogP contribution in [0.2, 0.25) is 0 Å². The zero-order valence-corrected chi connectivity index (χ0v) is 57.4. The molecule has 104 heavy (non-hydrogen) atoms. The molecular weight excluding hydrogens is 1540 g/mol. The zero-order chi connectivity index (χ0) is 77.6. The first kappa shape index (κ1) is 86.3. The molecule has 9 rings (SSSR count). The zero-order valence-electron chi connectivity index (χ0n) is 54.5. The summed E-state index contributed by atoms with van der Waals surface area (Å²) in [7, 11) is -0.240. The fraction of sp³-hybridized carbons (Fsp3) is 0.333. The van der Waals surface area contributed by atoms with Gasteiger partial charge >= 0.3 is 66.5 Å². The number of hydrogen-bond donors (Lipinski definition) is 0. The van der Waals surface area contributed by atoms with Crippen LogP contribution < -0.4 is 21.9 Å². The third-order valence-corrected chi connectivity index (χ3v) is 23.3. The van der Waals surface area contributed by atoms with Crippen LogP contribution in [-0.2, 0) is 79.6 Å². The first-order valence-electron chi connectivity index (χ1n) is 30.1. The van der Waals surface area contributed by atoms with E-state index in [0.29, 0.717) is 10.3 Å². The van der Waals surface area contributed by atoms with Crippen molar-refractivity contribution >= 4 is 49.4 Å². The molecule has 568 valence electrons. The van der Waals surface area contributed by atoms with Crippen LogP contribution in [0.3, 0.4) is 0 Å². The van der Waals surface area contributed by atoms with E-state index in [1.54, 1.807) is 0 Å². The molecule has 0 aromatic heterocycles. The summed E-state index contributed by atoms with van der Waals surface area (Å²) in [4.78, 5) is 5.59. The molecule has 0 bridgehead atoms. The SMILES string of the molecule is CC(C)(C)P1CN(Cc2ccccc2)CP(C(C)(C)C)CN(Cc2ccccc2)C1.FC(F)(F)c1cc([B-](c2cc(C(F)(F)F)cc(C(F)(F)F)c2)(c2cc(C(F)(F)F)cc(C(F)(F)F)c2)c2cc(C(F)(F)F)cc(C(F)(F)F)c2)cc(C(F)(F)F)c1.Fc1c(F)c(F)c(C2=C[C-]=CC2)c(F)c1F.[Fe+2].[HH]. The van der Waals surface area contributed by atoms with Crippen LogP contribution in [-0.4, -0.2) is 51.4 Å². The predicted octanol–water partition coefficient (Wildman–Crippen LogP) is 22.4. The Labute approximate surface area is 590 Å². The number of nitrogens with zero attached hydrogens (tertiary/aromatic N) is 2. The molecule has 0 radical (unpaired) electrons. The van der Waals surface area contributed by atoms with E-state index in [1.165, 1.54) is 48.4 Å². The van der Waals surface area contributed by atoms with E-state index in [9.17, 15) is 127 Å². The Hall–Kier alpha value is -6.65. The Morgan fingerprint density at radius 3 is 0.760 bits per heavy atom. The van der Waals surface area contributed by atoms with E-state index < -0.39 is 229 Å². The first-order chi connectivity index (χ1) is 46.9. The summed E-state index contributed by atoms with van der Waals surface area (Å²) in [6.45, 7) is 16.9. The molecule has 0 N–H and O–H groups in total. The van der Waals surface area contributed by atoms with Crippen LogP contribution in [0.15, 0.2) is 146 Å². The Balaban J connectivity index is 0.000000339. The third kappa shape index (κ3) is 21.1. The van der Waals surface area contributed by atoms with E-state index in [0.717, 1.165) is 13.1 Å². The van der Waals surface area contributed by atoms with Gasteiger partial charge < -0.3 is 0 Å². The number of halogens is 29. The summed E-state index contributed by atoms with van der Waals surface area (Å²) in [5.41, 5.74) is -28.2. The van der Waals surface area contributed by atoms with Gasteiger partial charge in [-0.15, -0.1) is 0 Å². The molecule has 0 amide bonds. The summed E-state index contributed by atoms with van der Waals surface area (Å²) in [6.07, 6.45) is -44.6. The molecule has 1 aliphatic carbocycles. The van der Waals surface area contributed by atoms with Crippen molar-refractivity contribution in [2.45, 2.75) is 121 Å². The van der Waals surface area contributed by atoms with Gasteiger partial charge in [0, 0.05) is 39.7 Å². The second-order valence-corrected chi connectivity index (χ2v) is 32.0. The van der Waals surface area contributed by atoms with Crippen LogP contribution >= 0.6 is 15.8 Å². The van der Waals surface area contributed by atoms with Gasteiger partial charge in [0.25, 0.3) is 0 Å². The second kappa shape index (κ2) is 31.7. The number of alkyl halides is 24. The van der Waals surface area contributed by atoms with Crippen LogP contribution in [0.5, 0.6) is 0 Å². The minimum atomic E-state index is -6.13. The molecule has 1 fully saturated rings. The van der Waals surface area contributed by atoms with Crippen molar-refractivity contribution < 1.29 is 146 Å². The van der Waals surface area contributed by atoms with Crippen molar-refractivity contribution in [3.63, 3.8) is 0 Å². The van der Waals surface area contributed by atoms with Gasteiger partial charge in [0.2, 0.25) is 0 Å². The fourth-order valence-corrected chi connectivity index (χ4v) is 16.3. The summed E-state index contributed by atoms with van der Waals surface area (Å²) in [6, 6.07) is 13.3. The number of rotatable bonds is 9. The van der Waals surface area contributed by atoms with Gasteiger partial charge in [-0.3, -0.25) is 15.9 Å². The molecule has 1 aliphatic heterocycles. The molecule has 0 saturated carbocycles. The molecule has 1 heterocycles. The summed E-state index contributed by atoms with van der Waals surface area (Å²) >= 11 is 0. The van der Waals surface area contributed by atoms with Gasteiger partial charge in [-0.25, -0.2) is 28.0 Å². The Kier molecular flexibility index (Phi) is 26.3. The van der Waals surface area contributed by atoms with Crippen LogP contribution in [0.25, 0.3) is 5.57 Å².